The number of nitrogens with zero attached hydrogens (tertiary/aromatic N) is 2. The summed E-state index contributed by atoms with van der Waals surface area (Å²) < 4.78 is 13.4. The second-order valence-corrected chi connectivity index (χ2v) is 8.36. The third-order valence-corrected chi connectivity index (χ3v) is 5.90. The lowest BCUT2D eigenvalue weighted by molar-refractivity contribution is -0.124. The zero-order chi connectivity index (χ0) is 24.2. The van der Waals surface area contributed by atoms with Crippen LogP contribution in [0.5, 0.6) is 0 Å². The van der Waals surface area contributed by atoms with Crippen LogP contribution in [0.25, 0.3) is 0 Å². The van der Waals surface area contributed by atoms with E-state index in [0.717, 1.165) is 22.4 Å². The molecule has 0 spiro atoms. The Kier molecular flexibility index (Phi) is 6.72. The number of rotatable bonds is 7. The largest absolute Gasteiger partial charge is 0.332 e. The molecule has 4 amide bonds. The van der Waals surface area contributed by atoms with E-state index in [4.69, 9.17) is 0 Å². The maximum atomic E-state index is 13.4. The Hall–Kier alpha value is -4.00. The van der Waals surface area contributed by atoms with Crippen LogP contribution in [0, 0.1) is 12.7 Å². The number of halogens is 1. The van der Waals surface area contributed by atoms with Crippen LogP contribution in [0.1, 0.15) is 30.0 Å². The van der Waals surface area contributed by atoms with Gasteiger partial charge >= 0.3 is 6.03 Å². The van der Waals surface area contributed by atoms with E-state index in [1.165, 1.54) is 17.0 Å². The number of urea groups is 1. The van der Waals surface area contributed by atoms with Gasteiger partial charge in [0.15, 0.2) is 0 Å². The van der Waals surface area contributed by atoms with Gasteiger partial charge in [-0.1, -0.05) is 48.9 Å². The first-order valence-corrected chi connectivity index (χ1v) is 11.2. The Morgan fingerprint density at radius 3 is 2.15 bits per heavy atom. The molecule has 1 saturated heterocycles. The van der Waals surface area contributed by atoms with Gasteiger partial charge in [-0.2, -0.15) is 0 Å². The molecule has 3 aromatic rings. The number of imide groups is 1. The smallest absolute Gasteiger partial charge is 0.326 e. The van der Waals surface area contributed by atoms with Gasteiger partial charge < -0.3 is 10.2 Å². The van der Waals surface area contributed by atoms with Crippen LogP contribution >= 0.6 is 0 Å². The Labute approximate surface area is 198 Å². The monoisotopic (exact) mass is 459 g/mol. The molecule has 0 bridgehead atoms. The summed E-state index contributed by atoms with van der Waals surface area (Å²) in [5.41, 5.74) is 3.88. The SMILES string of the molecule is CCc1ccc(NC(=O)C[C@@H]2C(=O)N(c3ccc(C)cc3)C(=O)N2Cc2ccc(F)cc2)cc1. The van der Waals surface area contributed by atoms with Crippen molar-refractivity contribution in [1.82, 2.24) is 4.90 Å². The highest BCUT2D eigenvalue weighted by Crippen LogP contribution is 2.29. The summed E-state index contributed by atoms with van der Waals surface area (Å²) in [4.78, 5) is 42.0. The molecule has 0 aliphatic carbocycles. The Balaban J connectivity index is 1.58. The first-order chi connectivity index (χ1) is 16.4. The molecule has 0 radical (unpaired) electrons. The fraction of sp³-hybridized carbons (Fsp3) is 0.222. The maximum Gasteiger partial charge on any atom is 0.332 e. The number of benzene rings is 3. The van der Waals surface area contributed by atoms with Crippen LogP contribution in [0.2, 0.25) is 0 Å². The van der Waals surface area contributed by atoms with Gasteiger partial charge in [0.2, 0.25) is 5.91 Å². The molecular weight excluding hydrogens is 433 g/mol. The van der Waals surface area contributed by atoms with Crippen molar-refractivity contribution in [3.8, 4) is 0 Å². The van der Waals surface area contributed by atoms with Gasteiger partial charge in [-0.05, 0) is 60.9 Å². The number of hydrogen-bond acceptors (Lipinski definition) is 3. The molecule has 1 fully saturated rings. The minimum absolute atomic E-state index is 0.0797. The van der Waals surface area contributed by atoms with Gasteiger partial charge in [0.1, 0.15) is 11.9 Å². The summed E-state index contributed by atoms with van der Waals surface area (Å²) >= 11 is 0. The van der Waals surface area contributed by atoms with Gasteiger partial charge in [0.25, 0.3) is 5.91 Å². The third-order valence-electron chi connectivity index (χ3n) is 5.90. The highest BCUT2D eigenvalue weighted by molar-refractivity contribution is 6.22. The number of hydrogen-bond donors (Lipinski definition) is 1. The van der Waals surface area contributed by atoms with Crippen molar-refractivity contribution in [3.05, 3.63) is 95.3 Å². The molecule has 0 aromatic heterocycles. The molecule has 1 aliphatic rings. The molecule has 34 heavy (non-hydrogen) atoms. The molecule has 1 N–H and O–H groups in total. The quantitative estimate of drug-likeness (QED) is 0.502. The van der Waals surface area contributed by atoms with Crippen molar-refractivity contribution in [2.24, 2.45) is 0 Å². The standard InChI is InChI=1S/C27H26FN3O3/c1-3-19-8-12-22(13-9-19)29-25(32)16-24-26(33)31(23-14-4-18(2)5-15-23)27(34)30(24)17-20-6-10-21(28)11-7-20/h4-15,24H,3,16-17H2,1-2H3,(H,29,32)/t24-/m1/s1. The average Bonchev–Trinajstić information content (AvgIpc) is 3.05. The summed E-state index contributed by atoms with van der Waals surface area (Å²) in [5, 5.41) is 2.81. The maximum absolute atomic E-state index is 13.4. The zero-order valence-corrected chi connectivity index (χ0v) is 19.1. The van der Waals surface area contributed by atoms with E-state index in [1.807, 2.05) is 50.2 Å². The highest BCUT2D eigenvalue weighted by atomic mass is 19.1. The Bertz CT molecular complexity index is 1190. The molecule has 3 aromatic carbocycles. The summed E-state index contributed by atoms with van der Waals surface area (Å²) in [6, 6.07) is 18.8. The Morgan fingerprint density at radius 2 is 1.53 bits per heavy atom. The molecule has 174 valence electrons. The minimum Gasteiger partial charge on any atom is -0.326 e. The number of carbonyl (C=O) groups is 3. The van der Waals surface area contributed by atoms with Crippen molar-refractivity contribution < 1.29 is 18.8 Å². The number of nitrogens with one attached hydrogen (secondary N) is 1. The second-order valence-electron chi connectivity index (χ2n) is 8.36. The molecule has 6 nitrogen and oxygen atoms in total. The average molecular weight is 460 g/mol. The molecule has 1 heterocycles. The summed E-state index contributed by atoms with van der Waals surface area (Å²) in [6.07, 6.45) is 0.698. The lowest BCUT2D eigenvalue weighted by atomic mass is 10.1. The number of amides is 4. The van der Waals surface area contributed by atoms with E-state index >= 15 is 0 Å². The lowest BCUT2D eigenvalue weighted by Gasteiger charge is -2.21. The zero-order valence-electron chi connectivity index (χ0n) is 19.1. The third kappa shape index (κ3) is 4.98. The van der Waals surface area contributed by atoms with Crippen molar-refractivity contribution >= 4 is 29.2 Å². The van der Waals surface area contributed by atoms with E-state index < -0.39 is 18.0 Å². The molecule has 4 rings (SSSR count). The van der Waals surface area contributed by atoms with E-state index in [0.29, 0.717) is 16.9 Å². The van der Waals surface area contributed by atoms with Crippen molar-refractivity contribution in [2.45, 2.75) is 39.3 Å². The fourth-order valence-corrected chi connectivity index (χ4v) is 3.94. The molecule has 0 saturated carbocycles. The van der Waals surface area contributed by atoms with Gasteiger partial charge in [0.05, 0.1) is 12.1 Å². The van der Waals surface area contributed by atoms with E-state index in [1.54, 1.807) is 24.3 Å². The summed E-state index contributed by atoms with van der Waals surface area (Å²) in [5.74, 6) is -1.23. The molecule has 1 atom stereocenters. The predicted molar refractivity (Wildman–Crippen MR) is 129 cm³/mol. The first kappa shape index (κ1) is 23.2. The molecule has 7 heteroatoms. The number of aryl methyl sites for hydroxylation is 2. The van der Waals surface area contributed by atoms with Crippen LogP contribution < -0.4 is 10.2 Å². The fourth-order valence-electron chi connectivity index (χ4n) is 3.94. The predicted octanol–water partition coefficient (Wildman–Crippen LogP) is 5.06. The van der Waals surface area contributed by atoms with Crippen molar-refractivity contribution in [1.29, 1.82) is 0 Å². The topological polar surface area (TPSA) is 69.7 Å². The first-order valence-electron chi connectivity index (χ1n) is 11.2. The summed E-state index contributed by atoms with van der Waals surface area (Å²) in [7, 11) is 0. The van der Waals surface area contributed by atoms with Crippen LogP contribution in [-0.4, -0.2) is 28.8 Å². The van der Waals surface area contributed by atoms with E-state index in [9.17, 15) is 18.8 Å². The Morgan fingerprint density at radius 1 is 0.912 bits per heavy atom. The van der Waals surface area contributed by atoms with Gasteiger partial charge in [-0.25, -0.2) is 14.1 Å². The molecule has 1 aliphatic heterocycles. The van der Waals surface area contributed by atoms with Gasteiger partial charge in [-0.3, -0.25) is 9.59 Å². The van der Waals surface area contributed by atoms with Crippen molar-refractivity contribution in [3.63, 3.8) is 0 Å². The molecular formula is C27H26FN3O3. The lowest BCUT2D eigenvalue weighted by Crippen LogP contribution is -2.37. The molecule has 0 unspecified atom stereocenters. The van der Waals surface area contributed by atoms with Gasteiger partial charge in [-0.15, -0.1) is 0 Å². The number of anilines is 2. The number of carbonyl (C=O) groups excluding carboxylic acids is 3. The minimum atomic E-state index is -0.978. The van der Waals surface area contributed by atoms with Crippen molar-refractivity contribution in [2.75, 3.05) is 10.2 Å². The van der Waals surface area contributed by atoms with E-state index in [-0.39, 0.29) is 24.7 Å². The highest BCUT2D eigenvalue weighted by Gasteiger charge is 2.46. The van der Waals surface area contributed by atoms with Crippen LogP contribution in [-0.2, 0) is 22.6 Å². The van der Waals surface area contributed by atoms with E-state index in [2.05, 4.69) is 5.32 Å². The normalized spacial score (nSPS) is 15.7. The van der Waals surface area contributed by atoms with Crippen LogP contribution in [0.15, 0.2) is 72.8 Å². The van der Waals surface area contributed by atoms with Crippen LogP contribution in [0.4, 0.5) is 20.6 Å². The summed E-state index contributed by atoms with van der Waals surface area (Å²) in [6.45, 7) is 4.04. The second kappa shape index (κ2) is 9.87. The van der Waals surface area contributed by atoms with Gasteiger partial charge in [0, 0.05) is 12.2 Å². The van der Waals surface area contributed by atoms with Crippen LogP contribution in [0.3, 0.4) is 0 Å².